The van der Waals surface area contributed by atoms with Gasteiger partial charge < -0.3 is 14.4 Å². The molecule has 0 saturated carbocycles. The second kappa shape index (κ2) is 8.64. The van der Waals surface area contributed by atoms with E-state index in [1.807, 2.05) is 0 Å². The van der Waals surface area contributed by atoms with E-state index in [0.29, 0.717) is 6.54 Å². The molecule has 1 aliphatic rings. The van der Waals surface area contributed by atoms with Gasteiger partial charge in [-0.2, -0.15) is 0 Å². The highest BCUT2D eigenvalue weighted by Gasteiger charge is 2.22. The molecule has 0 aliphatic carbocycles. The molecule has 0 aromatic heterocycles. The Balaban J connectivity index is 2.04. The number of halogens is 1. The number of nitrogens with zero attached hydrogens (tertiary/aromatic N) is 1. The Morgan fingerprint density at radius 2 is 1.67 bits per heavy atom. The Hall–Kier alpha value is -1.38. The first-order valence-electron chi connectivity index (χ1n) is 8.11. The Morgan fingerprint density at radius 1 is 1.08 bits per heavy atom. The summed E-state index contributed by atoms with van der Waals surface area (Å²) in [5, 5.41) is 0. The van der Waals surface area contributed by atoms with Gasteiger partial charge in [0.2, 0.25) is 10.0 Å². The molecule has 0 amide bonds. The first kappa shape index (κ1) is 19.0. The molecule has 1 N–H and O–H groups in total. The topological polar surface area (TPSA) is 67.9 Å². The van der Waals surface area contributed by atoms with Gasteiger partial charge in [0.25, 0.3) is 0 Å². The van der Waals surface area contributed by atoms with Gasteiger partial charge in [0.15, 0.2) is 11.5 Å². The number of methoxy groups -OCH3 is 2. The molecule has 136 valence electrons. The predicted octanol–water partition coefficient (Wildman–Crippen LogP) is 2.00. The van der Waals surface area contributed by atoms with E-state index in [-0.39, 0.29) is 18.0 Å². The van der Waals surface area contributed by atoms with E-state index in [9.17, 15) is 12.8 Å². The standard InChI is InChI=1S/C16H25FN2O4S/c1-22-14-11-13(17)16(12-15(14)23-2)24(20,21)18-7-10-19-8-5-3-4-6-9-19/h11-12,18H,3-10H2,1-2H3. The van der Waals surface area contributed by atoms with Crippen LogP contribution in [0.2, 0.25) is 0 Å². The van der Waals surface area contributed by atoms with Crippen LogP contribution in [0.5, 0.6) is 11.5 Å². The van der Waals surface area contributed by atoms with Gasteiger partial charge in [0.1, 0.15) is 10.7 Å². The Bertz CT molecular complexity index is 644. The lowest BCUT2D eigenvalue weighted by atomic mass is 10.2. The van der Waals surface area contributed by atoms with Crippen molar-refractivity contribution in [3.05, 3.63) is 17.9 Å². The van der Waals surface area contributed by atoms with Gasteiger partial charge in [-0.25, -0.2) is 17.5 Å². The lowest BCUT2D eigenvalue weighted by molar-refractivity contribution is 0.290. The average molecular weight is 360 g/mol. The van der Waals surface area contributed by atoms with Gasteiger partial charge in [-0.05, 0) is 25.9 Å². The highest BCUT2D eigenvalue weighted by atomic mass is 32.2. The van der Waals surface area contributed by atoms with E-state index in [1.165, 1.54) is 27.1 Å². The first-order chi connectivity index (χ1) is 11.5. The zero-order valence-electron chi connectivity index (χ0n) is 14.2. The van der Waals surface area contributed by atoms with Crippen LogP contribution in [0.1, 0.15) is 25.7 Å². The van der Waals surface area contributed by atoms with Crippen LogP contribution in [0.3, 0.4) is 0 Å². The summed E-state index contributed by atoms with van der Waals surface area (Å²) in [6.45, 7) is 2.82. The maximum Gasteiger partial charge on any atom is 0.243 e. The van der Waals surface area contributed by atoms with Gasteiger partial charge in [-0.15, -0.1) is 0 Å². The van der Waals surface area contributed by atoms with Crippen molar-refractivity contribution >= 4 is 10.0 Å². The summed E-state index contributed by atoms with van der Waals surface area (Å²) in [6, 6.07) is 2.16. The second-order valence-electron chi connectivity index (χ2n) is 5.79. The van der Waals surface area contributed by atoms with E-state index in [1.54, 1.807) is 0 Å². The summed E-state index contributed by atoms with van der Waals surface area (Å²) in [5.74, 6) is -0.541. The van der Waals surface area contributed by atoms with Crippen molar-refractivity contribution < 1.29 is 22.3 Å². The van der Waals surface area contributed by atoms with E-state index in [4.69, 9.17) is 9.47 Å². The molecule has 24 heavy (non-hydrogen) atoms. The summed E-state index contributed by atoms with van der Waals surface area (Å²) in [5.41, 5.74) is 0. The third-order valence-electron chi connectivity index (χ3n) is 4.15. The molecular formula is C16H25FN2O4S. The van der Waals surface area contributed by atoms with Crippen LogP contribution >= 0.6 is 0 Å². The smallest absolute Gasteiger partial charge is 0.243 e. The summed E-state index contributed by atoms with van der Waals surface area (Å²) >= 11 is 0. The molecule has 1 aliphatic heterocycles. The van der Waals surface area contributed by atoms with Gasteiger partial charge in [-0.3, -0.25) is 0 Å². The fraction of sp³-hybridized carbons (Fsp3) is 0.625. The highest BCUT2D eigenvalue weighted by Crippen LogP contribution is 2.31. The van der Waals surface area contributed by atoms with Crippen molar-refractivity contribution in [2.75, 3.05) is 40.4 Å². The predicted molar refractivity (Wildman–Crippen MR) is 89.6 cm³/mol. The van der Waals surface area contributed by atoms with Crippen molar-refractivity contribution in [3.63, 3.8) is 0 Å². The summed E-state index contributed by atoms with van der Waals surface area (Å²) < 4.78 is 51.3. The third kappa shape index (κ3) is 4.81. The lowest BCUT2D eigenvalue weighted by Crippen LogP contribution is -2.35. The largest absolute Gasteiger partial charge is 0.493 e. The number of hydrogen-bond donors (Lipinski definition) is 1. The van der Waals surface area contributed by atoms with Gasteiger partial charge in [0.05, 0.1) is 14.2 Å². The number of rotatable bonds is 7. The van der Waals surface area contributed by atoms with Gasteiger partial charge in [-0.1, -0.05) is 12.8 Å². The quantitative estimate of drug-likeness (QED) is 0.805. The van der Waals surface area contributed by atoms with E-state index in [2.05, 4.69) is 9.62 Å². The molecule has 1 aromatic rings. The molecule has 0 unspecified atom stereocenters. The van der Waals surface area contributed by atoms with E-state index < -0.39 is 20.7 Å². The Morgan fingerprint density at radius 3 is 2.25 bits per heavy atom. The molecular weight excluding hydrogens is 335 g/mol. The fourth-order valence-electron chi connectivity index (χ4n) is 2.82. The van der Waals surface area contributed by atoms with Crippen LogP contribution in [0.25, 0.3) is 0 Å². The molecule has 0 atom stereocenters. The van der Waals surface area contributed by atoms with E-state index >= 15 is 0 Å². The molecule has 2 rings (SSSR count). The minimum atomic E-state index is -3.95. The maximum absolute atomic E-state index is 14.1. The molecule has 6 nitrogen and oxygen atoms in total. The van der Waals surface area contributed by atoms with Crippen molar-refractivity contribution in [2.45, 2.75) is 30.6 Å². The minimum Gasteiger partial charge on any atom is -0.493 e. The van der Waals surface area contributed by atoms with Crippen molar-refractivity contribution in [3.8, 4) is 11.5 Å². The first-order valence-corrected chi connectivity index (χ1v) is 9.60. The normalized spacial score (nSPS) is 16.6. The lowest BCUT2D eigenvalue weighted by Gasteiger charge is -2.20. The van der Waals surface area contributed by atoms with Crippen LogP contribution in [-0.4, -0.2) is 53.7 Å². The Kier molecular flexibility index (Phi) is 6.82. The molecule has 1 fully saturated rings. The van der Waals surface area contributed by atoms with Crippen LogP contribution in [0.15, 0.2) is 17.0 Å². The summed E-state index contributed by atoms with van der Waals surface area (Å²) in [4.78, 5) is 1.80. The number of nitrogens with one attached hydrogen (secondary N) is 1. The van der Waals surface area contributed by atoms with Gasteiger partial charge in [0, 0.05) is 25.2 Å². The van der Waals surface area contributed by atoms with E-state index in [0.717, 1.165) is 38.1 Å². The molecule has 8 heteroatoms. The van der Waals surface area contributed by atoms with Crippen LogP contribution in [-0.2, 0) is 10.0 Å². The molecule has 0 radical (unpaired) electrons. The average Bonchev–Trinajstić information content (AvgIpc) is 2.83. The van der Waals surface area contributed by atoms with Crippen molar-refractivity contribution in [2.24, 2.45) is 0 Å². The number of sulfonamides is 1. The van der Waals surface area contributed by atoms with Crippen molar-refractivity contribution in [1.29, 1.82) is 0 Å². The van der Waals surface area contributed by atoms with Crippen molar-refractivity contribution in [1.82, 2.24) is 9.62 Å². The zero-order valence-corrected chi connectivity index (χ0v) is 15.0. The molecule has 1 heterocycles. The molecule has 0 bridgehead atoms. The third-order valence-corrected chi connectivity index (χ3v) is 5.62. The number of ether oxygens (including phenoxy) is 2. The number of likely N-dealkylation sites (tertiary alicyclic amines) is 1. The summed E-state index contributed by atoms with van der Waals surface area (Å²) in [6.07, 6.45) is 4.71. The van der Waals surface area contributed by atoms with Crippen LogP contribution in [0.4, 0.5) is 4.39 Å². The number of hydrogen-bond acceptors (Lipinski definition) is 5. The molecule has 1 aromatic carbocycles. The second-order valence-corrected chi connectivity index (χ2v) is 7.53. The Labute approximate surface area is 143 Å². The fourth-order valence-corrected chi connectivity index (χ4v) is 3.91. The van der Waals surface area contributed by atoms with Gasteiger partial charge >= 0.3 is 0 Å². The maximum atomic E-state index is 14.1. The molecule has 0 spiro atoms. The van der Waals surface area contributed by atoms with Crippen LogP contribution in [0, 0.1) is 5.82 Å². The van der Waals surface area contributed by atoms with Crippen LogP contribution < -0.4 is 14.2 Å². The summed E-state index contributed by atoms with van der Waals surface area (Å²) in [7, 11) is -1.21. The zero-order chi connectivity index (χ0) is 17.6. The minimum absolute atomic E-state index is 0.151. The molecule has 1 saturated heterocycles. The monoisotopic (exact) mass is 360 g/mol. The number of benzene rings is 1. The highest BCUT2D eigenvalue weighted by molar-refractivity contribution is 7.89. The SMILES string of the molecule is COc1cc(F)c(S(=O)(=O)NCCN2CCCCCC2)cc1OC.